The number of phosphoric acid groups is 2. The van der Waals surface area contributed by atoms with Crippen LogP contribution in [0.4, 0.5) is 0 Å². The number of nitrogens with zero attached hydrogens (tertiary/aromatic N) is 1. The largest absolute Gasteiger partial charge is 0.756 e. The average Bonchev–Trinajstić information content (AvgIpc) is 3.38. The zero-order valence-electron chi connectivity index (χ0n) is 47.9. The Bertz CT molecular complexity index is 1220. The summed E-state index contributed by atoms with van der Waals surface area (Å²) in [4.78, 5) is 25.9. The van der Waals surface area contributed by atoms with E-state index in [2.05, 4.69) is 32.7 Å². The van der Waals surface area contributed by atoms with Crippen LogP contribution in [0.5, 0.6) is 0 Å². The molecule has 0 aromatic heterocycles. The van der Waals surface area contributed by atoms with E-state index >= 15 is 0 Å². The van der Waals surface area contributed by atoms with Crippen LogP contribution in [-0.4, -0.2) is 110 Å². The molecule has 0 heterocycles. The first-order valence-electron chi connectivity index (χ1n) is 29.8. The first-order valence-corrected chi connectivity index (χ1v) is 32.7. The molecule has 0 aromatic rings. The number of rotatable bonds is 60. The first kappa shape index (κ1) is 74.5. The van der Waals surface area contributed by atoms with Crippen LogP contribution < -0.4 is 15.5 Å². The van der Waals surface area contributed by atoms with Crippen LogP contribution >= 0.6 is 15.6 Å². The van der Waals surface area contributed by atoms with Crippen LogP contribution in [-0.2, 0) is 46.2 Å². The van der Waals surface area contributed by atoms with Crippen molar-refractivity contribution in [3.63, 3.8) is 0 Å². The van der Waals surface area contributed by atoms with Crippen molar-refractivity contribution in [1.82, 2.24) is 4.90 Å². The second kappa shape index (κ2) is 59.1. The molecule has 14 nitrogen and oxygen atoms in total. The van der Waals surface area contributed by atoms with Gasteiger partial charge in [0, 0.05) is 33.0 Å². The van der Waals surface area contributed by atoms with Gasteiger partial charge in [-0.2, -0.15) is 0 Å². The monoisotopic (exact) mass is 1080 g/mol. The lowest BCUT2D eigenvalue weighted by molar-refractivity contribution is -0.373. The van der Waals surface area contributed by atoms with Gasteiger partial charge in [-0.15, -0.1) is 13.2 Å². The Balaban J connectivity index is 0. The summed E-state index contributed by atoms with van der Waals surface area (Å²) in [6.07, 6.45) is 45.6. The van der Waals surface area contributed by atoms with Crippen molar-refractivity contribution in [2.75, 3.05) is 92.8 Å². The number of quaternary nitrogens is 1. The van der Waals surface area contributed by atoms with Crippen LogP contribution in [0.25, 0.3) is 0 Å². The lowest BCUT2D eigenvalue weighted by atomic mass is 10.0. The predicted molar refractivity (Wildman–Crippen MR) is 300 cm³/mol. The summed E-state index contributed by atoms with van der Waals surface area (Å²) < 4.78 is 66.9. The molecule has 438 valence electrons. The van der Waals surface area contributed by atoms with Crippen LogP contribution in [0.3, 0.4) is 0 Å². The number of hydrogen-bond donors (Lipinski definition) is 1. The van der Waals surface area contributed by atoms with Gasteiger partial charge in [0.15, 0.2) is 0 Å². The van der Waals surface area contributed by atoms with Gasteiger partial charge in [0.2, 0.25) is 0 Å². The van der Waals surface area contributed by atoms with Crippen LogP contribution in [0.1, 0.15) is 239 Å². The molecule has 16 heteroatoms. The molecule has 0 radical (unpaired) electrons. The number of unbranched alkanes of at least 4 members (excludes halogenated alkanes) is 30. The SMILES string of the molecule is C=CCCCCOC(COCCCCCCCCCCCCCCCC)COP(=O)([O-])OCCN(C)CC.C=CCCCCOC(COCCCCCCCCCCCCCCCC)COP(=O)([O-])OCC[NH3+]. The maximum atomic E-state index is 12.1. The van der Waals surface area contributed by atoms with Gasteiger partial charge < -0.3 is 57.5 Å². The summed E-state index contributed by atoms with van der Waals surface area (Å²) in [5, 5.41) is 0. The van der Waals surface area contributed by atoms with Crippen LogP contribution in [0, 0.1) is 0 Å². The van der Waals surface area contributed by atoms with E-state index in [-0.39, 0.29) is 26.4 Å². The van der Waals surface area contributed by atoms with E-state index in [9.17, 15) is 18.9 Å². The summed E-state index contributed by atoms with van der Waals surface area (Å²) in [5.41, 5.74) is 3.56. The zero-order chi connectivity index (χ0) is 54.0. The highest BCUT2D eigenvalue weighted by Crippen LogP contribution is 2.39. The third-order valence-corrected chi connectivity index (χ3v) is 14.6. The molecule has 0 rings (SSSR count). The second-order valence-electron chi connectivity index (χ2n) is 19.8. The van der Waals surface area contributed by atoms with Crippen molar-refractivity contribution >= 4 is 15.6 Å². The van der Waals surface area contributed by atoms with E-state index in [1.54, 1.807) is 0 Å². The second-order valence-corrected chi connectivity index (χ2v) is 22.6. The molecular weight excluding hydrogens is 967 g/mol. The van der Waals surface area contributed by atoms with Crippen molar-refractivity contribution in [2.45, 2.75) is 251 Å². The maximum absolute atomic E-state index is 12.1. The van der Waals surface area contributed by atoms with Gasteiger partial charge in [-0.1, -0.05) is 200 Å². The van der Waals surface area contributed by atoms with Crippen LogP contribution in [0.15, 0.2) is 25.3 Å². The lowest BCUT2D eigenvalue weighted by Crippen LogP contribution is -2.52. The molecule has 0 aliphatic carbocycles. The third-order valence-electron chi connectivity index (χ3n) is 12.7. The summed E-state index contributed by atoms with van der Waals surface area (Å²) >= 11 is 0. The Hall–Kier alpha value is -0.540. The summed E-state index contributed by atoms with van der Waals surface area (Å²) in [6.45, 7) is 18.6. The van der Waals surface area contributed by atoms with Crippen molar-refractivity contribution in [2.24, 2.45) is 0 Å². The molecule has 0 spiro atoms. The minimum absolute atomic E-state index is 0.0173. The highest BCUT2D eigenvalue weighted by Gasteiger charge is 2.18. The molecule has 4 atom stereocenters. The fourth-order valence-electron chi connectivity index (χ4n) is 7.86. The molecule has 0 aliphatic heterocycles. The Morgan fingerprint density at radius 2 is 0.753 bits per heavy atom. The number of hydrogen-bond acceptors (Lipinski definition) is 13. The van der Waals surface area contributed by atoms with Gasteiger partial charge in [-0.05, 0) is 65.0 Å². The Labute approximate surface area is 449 Å². The van der Waals surface area contributed by atoms with Gasteiger partial charge in [0.25, 0.3) is 15.6 Å². The summed E-state index contributed by atoms with van der Waals surface area (Å²) in [6, 6.07) is 0. The molecule has 3 N–H and O–H groups in total. The quantitative estimate of drug-likeness (QED) is 0.0345. The van der Waals surface area contributed by atoms with E-state index in [1.807, 2.05) is 31.0 Å². The standard InChI is InChI=1S/C30H62NO6P.C27H56NO6P/c1-5-8-10-12-13-14-15-16-17-18-19-20-21-22-25-34-28-30(35-26-23-11-9-6-2)29-37-38(32,33)36-27-24-31(4)7-3;1-3-5-7-9-10-11-12-13-14-15-16-17-18-19-22-31-25-27(32-23-20-8-6-4-2)26-34-35(29,30)33-24-21-28/h6,30H,2,5,7-29H2,1,3-4H3,(H,32,33);4,27H,2-3,5-26,28H2,1H3,(H,29,30)/p-1. The van der Waals surface area contributed by atoms with Crippen molar-refractivity contribution in [3.05, 3.63) is 25.3 Å². The van der Waals surface area contributed by atoms with Crippen molar-refractivity contribution < 1.29 is 61.7 Å². The van der Waals surface area contributed by atoms with E-state index in [1.165, 1.54) is 154 Å². The van der Waals surface area contributed by atoms with Crippen LogP contribution in [0.2, 0.25) is 0 Å². The Morgan fingerprint density at radius 1 is 0.438 bits per heavy atom. The molecule has 0 saturated heterocycles. The average molecular weight is 1080 g/mol. The number of phosphoric ester groups is 2. The normalized spacial score (nSPS) is 14.1. The van der Waals surface area contributed by atoms with Gasteiger partial charge in [-0.3, -0.25) is 9.13 Å². The molecule has 0 aromatic carbocycles. The molecule has 0 amide bonds. The highest BCUT2D eigenvalue weighted by molar-refractivity contribution is 7.46. The third kappa shape index (κ3) is 60.5. The molecule has 0 bridgehead atoms. The molecule has 0 saturated carbocycles. The first-order chi connectivity index (χ1) is 35.5. The zero-order valence-corrected chi connectivity index (χ0v) is 49.7. The highest BCUT2D eigenvalue weighted by atomic mass is 31.2. The van der Waals surface area contributed by atoms with Crippen molar-refractivity contribution in [3.8, 4) is 0 Å². The minimum atomic E-state index is -4.36. The molecule has 0 aliphatic rings. The summed E-state index contributed by atoms with van der Waals surface area (Å²) in [5.74, 6) is 0. The number of allylic oxidation sites excluding steroid dienone is 2. The van der Waals surface area contributed by atoms with E-state index in [0.29, 0.717) is 52.7 Å². The van der Waals surface area contributed by atoms with Gasteiger partial charge >= 0.3 is 0 Å². The smallest absolute Gasteiger partial charge is 0.268 e. The van der Waals surface area contributed by atoms with Gasteiger partial charge in [0.1, 0.15) is 18.8 Å². The Kier molecular flexibility index (Phi) is 60.4. The maximum Gasteiger partial charge on any atom is 0.268 e. The number of likely N-dealkylation sites (N-methyl/N-ethyl adjacent to an activating group) is 1. The topological polar surface area (TPSA) is 185 Å². The molecule has 73 heavy (non-hydrogen) atoms. The lowest BCUT2D eigenvalue weighted by Gasteiger charge is -2.26. The van der Waals surface area contributed by atoms with E-state index in [4.69, 9.17) is 37.0 Å². The van der Waals surface area contributed by atoms with E-state index in [0.717, 1.165) is 70.8 Å². The Morgan fingerprint density at radius 3 is 1.07 bits per heavy atom. The fourth-order valence-corrected chi connectivity index (χ4v) is 9.37. The molecule has 0 fully saturated rings. The minimum Gasteiger partial charge on any atom is -0.756 e. The van der Waals surface area contributed by atoms with Gasteiger partial charge in [0.05, 0.1) is 39.6 Å². The molecule has 4 unspecified atom stereocenters. The van der Waals surface area contributed by atoms with Gasteiger partial charge in [-0.25, -0.2) is 0 Å². The predicted octanol–water partition coefficient (Wildman–Crippen LogP) is 13.6. The number of ether oxygens (including phenoxy) is 4. The molecular formula is C57H117N2O12P2-. The van der Waals surface area contributed by atoms with E-state index < -0.39 is 27.9 Å². The fraction of sp³-hybridized carbons (Fsp3) is 0.930. The summed E-state index contributed by atoms with van der Waals surface area (Å²) in [7, 11) is -6.78. The van der Waals surface area contributed by atoms with Crippen molar-refractivity contribution in [1.29, 1.82) is 0 Å².